The molecule has 2 heterocycles. The lowest BCUT2D eigenvalue weighted by atomic mass is 10.2. The van der Waals surface area contributed by atoms with Gasteiger partial charge in [0.05, 0.1) is 29.1 Å². The number of nitrogens with zero attached hydrogens (tertiary/aromatic N) is 4. The van der Waals surface area contributed by atoms with Crippen molar-refractivity contribution in [2.45, 2.75) is 13.8 Å². The predicted molar refractivity (Wildman–Crippen MR) is 105 cm³/mol. The molecule has 6 nitrogen and oxygen atoms in total. The highest BCUT2D eigenvalue weighted by Crippen LogP contribution is 2.23. The van der Waals surface area contributed by atoms with Gasteiger partial charge in [-0.05, 0) is 50.2 Å². The van der Waals surface area contributed by atoms with Crippen LogP contribution < -0.4 is 5.32 Å². The van der Waals surface area contributed by atoms with E-state index >= 15 is 0 Å². The standard InChI is InChI=1S/C21H19N5O/c1-15-20(16(2)26(24-15)19-6-4-3-5-7-19)23-21(27)17-8-10-18(11-9-17)25-13-12-22-14-25/h3-14H,1-2H3,(H,23,27). The van der Waals surface area contributed by atoms with Crippen LogP contribution in [0.5, 0.6) is 0 Å². The summed E-state index contributed by atoms with van der Waals surface area (Å²) in [5, 5.41) is 7.56. The molecule has 0 spiro atoms. The molecule has 0 atom stereocenters. The molecule has 6 heteroatoms. The third-order valence-corrected chi connectivity index (χ3v) is 4.46. The van der Waals surface area contributed by atoms with Crippen molar-refractivity contribution < 1.29 is 4.79 Å². The Hall–Kier alpha value is -3.67. The minimum absolute atomic E-state index is 0.161. The third kappa shape index (κ3) is 3.25. The first kappa shape index (κ1) is 16.8. The topological polar surface area (TPSA) is 64.7 Å². The van der Waals surface area contributed by atoms with Crippen LogP contribution in [0.25, 0.3) is 11.4 Å². The third-order valence-electron chi connectivity index (χ3n) is 4.46. The molecule has 4 rings (SSSR count). The number of hydrogen-bond acceptors (Lipinski definition) is 3. The molecule has 0 aliphatic rings. The van der Waals surface area contributed by atoms with Crippen LogP contribution in [0.15, 0.2) is 73.3 Å². The van der Waals surface area contributed by atoms with E-state index in [1.54, 1.807) is 24.7 Å². The van der Waals surface area contributed by atoms with Crippen molar-refractivity contribution in [2.24, 2.45) is 0 Å². The minimum atomic E-state index is -0.161. The lowest BCUT2D eigenvalue weighted by Gasteiger charge is -2.08. The number of hydrogen-bond donors (Lipinski definition) is 1. The Bertz CT molecular complexity index is 1060. The van der Waals surface area contributed by atoms with Crippen molar-refractivity contribution >= 4 is 11.6 Å². The number of aromatic nitrogens is 4. The number of anilines is 1. The van der Waals surface area contributed by atoms with E-state index in [2.05, 4.69) is 15.4 Å². The highest BCUT2D eigenvalue weighted by molar-refractivity contribution is 6.05. The number of carbonyl (C=O) groups is 1. The highest BCUT2D eigenvalue weighted by atomic mass is 16.1. The van der Waals surface area contributed by atoms with E-state index < -0.39 is 0 Å². The second-order valence-electron chi connectivity index (χ2n) is 6.26. The molecule has 0 bridgehead atoms. The van der Waals surface area contributed by atoms with Crippen molar-refractivity contribution in [3.8, 4) is 11.4 Å². The summed E-state index contributed by atoms with van der Waals surface area (Å²) in [6.07, 6.45) is 5.30. The maximum atomic E-state index is 12.7. The van der Waals surface area contributed by atoms with Crippen molar-refractivity contribution in [1.82, 2.24) is 19.3 Å². The van der Waals surface area contributed by atoms with E-state index in [1.165, 1.54) is 0 Å². The van der Waals surface area contributed by atoms with Crippen LogP contribution in [0.2, 0.25) is 0 Å². The monoisotopic (exact) mass is 357 g/mol. The molecule has 27 heavy (non-hydrogen) atoms. The van der Waals surface area contributed by atoms with Gasteiger partial charge in [0.1, 0.15) is 0 Å². The van der Waals surface area contributed by atoms with Crippen molar-refractivity contribution in [3.63, 3.8) is 0 Å². The summed E-state index contributed by atoms with van der Waals surface area (Å²) in [6, 6.07) is 17.3. The Kier molecular flexibility index (Phi) is 4.30. The van der Waals surface area contributed by atoms with Gasteiger partial charge in [-0.25, -0.2) is 9.67 Å². The summed E-state index contributed by atoms with van der Waals surface area (Å²) in [7, 11) is 0. The Morgan fingerprint density at radius 1 is 0.963 bits per heavy atom. The number of aryl methyl sites for hydroxylation is 1. The van der Waals surface area contributed by atoms with E-state index in [0.29, 0.717) is 5.56 Å². The summed E-state index contributed by atoms with van der Waals surface area (Å²) in [4.78, 5) is 16.7. The molecule has 2 aromatic heterocycles. The summed E-state index contributed by atoms with van der Waals surface area (Å²) < 4.78 is 3.73. The molecule has 2 aromatic carbocycles. The molecule has 0 unspecified atom stereocenters. The maximum Gasteiger partial charge on any atom is 0.255 e. The molecular weight excluding hydrogens is 338 g/mol. The van der Waals surface area contributed by atoms with Gasteiger partial charge in [-0.2, -0.15) is 5.10 Å². The molecule has 0 radical (unpaired) electrons. The van der Waals surface area contributed by atoms with E-state index in [9.17, 15) is 4.79 Å². The molecule has 134 valence electrons. The van der Waals surface area contributed by atoms with Gasteiger partial charge >= 0.3 is 0 Å². The molecule has 4 aromatic rings. The van der Waals surface area contributed by atoms with Crippen LogP contribution in [0.4, 0.5) is 5.69 Å². The molecule has 1 N–H and O–H groups in total. The van der Waals surface area contributed by atoms with E-state index in [-0.39, 0.29) is 5.91 Å². The van der Waals surface area contributed by atoms with Crippen molar-refractivity contribution in [1.29, 1.82) is 0 Å². The van der Waals surface area contributed by atoms with E-state index in [0.717, 1.165) is 28.5 Å². The molecule has 0 saturated heterocycles. The Labute approximate surface area is 157 Å². The molecule has 0 fully saturated rings. The van der Waals surface area contributed by atoms with Gasteiger partial charge in [0, 0.05) is 23.6 Å². The van der Waals surface area contributed by atoms with Crippen LogP contribution in [0.1, 0.15) is 21.7 Å². The molecule has 0 aliphatic carbocycles. The van der Waals surface area contributed by atoms with Crippen LogP contribution in [0.3, 0.4) is 0 Å². The number of imidazole rings is 1. The first-order chi connectivity index (χ1) is 13.1. The summed E-state index contributed by atoms with van der Waals surface area (Å²) in [5.41, 5.74) is 4.91. The average Bonchev–Trinajstić information content (AvgIpc) is 3.33. The second kappa shape index (κ2) is 6.92. The van der Waals surface area contributed by atoms with Crippen LogP contribution in [-0.2, 0) is 0 Å². The van der Waals surface area contributed by atoms with Crippen molar-refractivity contribution in [2.75, 3.05) is 5.32 Å². The zero-order valence-electron chi connectivity index (χ0n) is 15.1. The van der Waals surface area contributed by atoms with Gasteiger partial charge in [0.2, 0.25) is 0 Å². The van der Waals surface area contributed by atoms with Crippen LogP contribution in [-0.4, -0.2) is 25.2 Å². The summed E-state index contributed by atoms with van der Waals surface area (Å²) >= 11 is 0. The number of benzene rings is 2. The zero-order chi connectivity index (χ0) is 18.8. The first-order valence-corrected chi connectivity index (χ1v) is 8.65. The fraction of sp³-hybridized carbons (Fsp3) is 0.0952. The zero-order valence-corrected chi connectivity index (χ0v) is 15.1. The van der Waals surface area contributed by atoms with Gasteiger partial charge in [-0.3, -0.25) is 4.79 Å². The Morgan fingerprint density at radius 2 is 1.70 bits per heavy atom. The largest absolute Gasteiger partial charge is 0.319 e. The lowest BCUT2D eigenvalue weighted by molar-refractivity contribution is 0.102. The predicted octanol–water partition coefficient (Wildman–Crippen LogP) is 3.93. The summed E-state index contributed by atoms with van der Waals surface area (Å²) in [5.74, 6) is -0.161. The number of carbonyl (C=O) groups excluding carboxylic acids is 1. The number of para-hydroxylation sites is 1. The van der Waals surface area contributed by atoms with Gasteiger partial charge in [-0.1, -0.05) is 18.2 Å². The van der Waals surface area contributed by atoms with Gasteiger partial charge < -0.3 is 9.88 Å². The van der Waals surface area contributed by atoms with Gasteiger partial charge in [0.15, 0.2) is 0 Å². The summed E-state index contributed by atoms with van der Waals surface area (Å²) in [6.45, 7) is 3.84. The molecule has 1 amide bonds. The van der Waals surface area contributed by atoms with Gasteiger partial charge in [-0.15, -0.1) is 0 Å². The molecule has 0 aliphatic heterocycles. The highest BCUT2D eigenvalue weighted by Gasteiger charge is 2.16. The second-order valence-corrected chi connectivity index (χ2v) is 6.26. The van der Waals surface area contributed by atoms with E-state index in [4.69, 9.17) is 0 Å². The fourth-order valence-corrected chi connectivity index (χ4v) is 3.03. The van der Waals surface area contributed by atoms with Crippen molar-refractivity contribution in [3.05, 3.63) is 90.3 Å². The first-order valence-electron chi connectivity index (χ1n) is 8.65. The lowest BCUT2D eigenvalue weighted by Crippen LogP contribution is -2.13. The normalized spacial score (nSPS) is 10.7. The molecular formula is C21H19N5O. The minimum Gasteiger partial charge on any atom is -0.319 e. The molecule has 0 saturated carbocycles. The van der Waals surface area contributed by atoms with Gasteiger partial charge in [0.25, 0.3) is 5.91 Å². The fourth-order valence-electron chi connectivity index (χ4n) is 3.03. The number of rotatable bonds is 4. The Balaban J connectivity index is 1.57. The number of amides is 1. The maximum absolute atomic E-state index is 12.7. The SMILES string of the molecule is Cc1nn(-c2ccccc2)c(C)c1NC(=O)c1ccc(-n2ccnc2)cc1. The Morgan fingerprint density at radius 3 is 2.37 bits per heavy atom. The number of nitrogens with one attached hydrogen (secondary N) is 1. The average molecular weight is 357 g/mol. The van der Waals surface area contributed by atoms with Crippen LogP contribution >= 0.6 is 0 Å². The van der Waals surface area contributed by atoms with Crippen LogP contribution in [0, 0.1) is 13.8 Å². The quantitative estimate of drug-likeness (QED) is 0.602. The smallest absolute Gasteiger partial charge is 0.255 e. The van der Waals surface area contributed by atoms with E-state index in [1.807, 2.05) is 71.8 Å².